The van der Waals surface area contributed by atoms with E-state index in [1.165, 1.54) is 12.7 Å². The Hall–Kier alpha value is -1.38. The number of rotatable bonds is 0. The standard InChI is InChI=1S/C9H8N2O/c12-9-7-2-5-1-6(5)3-8(7)10-4-11-9/h2-6H,1H2,(H,10,11,12). The second kappa shape index (κ2) is 1.86. The van der Waals surface area contributed by atoms with Crippen LogP contribution in [-0.4, -0.2) is 9.97 Å². The summed E-state index contributed by atoms with van der Waals surface area (Å²) in [5.74, 6) is 1.27. The van der Waals surface area contributed by atoms with Crippen LogP contribution in [0, 0.1) is 11.8 Å². The number of aromatic amines is 1. The molecule has 2 aliphatic carbocycles. The van der Waals surface area contributed by atoms with E-state index in [0.29, 0.717) is 11.8 Å². The maximum atomic E-state index is 11.3. The highest BCUT2D eigenvalue weighted by Crippen LogP contribution is 2.41. The summed E-state index contributed by atoms with van der Waals surface area (Å²) in [5.41, 5.74) is -0.0124. The average molecular weight is 160 g/mol. The molecule has 1 N–H and O–H groups in total. The minimum absolute atomic E-state index is 0.0124. The lowest BCUT2D eigenvalue weighted by molar-refractivity contribution is 0.984. The highest BCUT2D eigenvalue weighted by molar-refractivity contribution is 5.47. The van der Waals surface area contributed by atoms with Gasteiger partial charge in [-0.3, -0.25) is 4.79 Å². The van der Waals surface area contributed by atoms with Gasteiger partial charge in [0.25, 0.3) is 5.56 Å². The van der Waals surface area contributed by atoms with Crippen LogP contribution in [0.25, 0.3) is 12.2 Å². The van der Waals surface area contributed by atoms with Crippen molar-refractivity contribution >= 4 is 12.2 Å². The molecule has 1 saturated carbocycles. The van der Waals surface area contributed by atoms with E-state index in [0.717, 1.165) is 10.6 Å². The zero-order valence-electron chi connectivity index (χ0n) is 6.45. The third-order valence-corrected chi connectivity index (χ3v) is 2.56. The smallest absolute Gasteiger partial charge is 0.258 e. The van der Waals surface area contributed by atoms with E-state index in [1.807, 2.05) is 6.08 Å². The molecule has 0 amide bonds. The number of hydrogen-bond donors (Lipinski definition) is 1. The molecule has 1 aromatic rings. The molecular formula is C9H8N2O. The zero-order valence-corrected chi connectivity index (χ0v) is 6.45. The molecule has 1 aromatic heterocycles. The van der Waals surface area contributed by atoms with Crippen LogP contribution in [0.3, 0.4) is 0 Å². The molecule has 1 fully saturated rings. The Morgan fingerprint density at radius 1 is 1.42 bits per heavy atom. The van der Waals surface area contributed by atoms with Crippen molar-refractivity contribution in [3.63, 3.8) is 0 Å². The predicted octanol–water partition coefficient (Wildman–Crippen LogP) is -1.02. The summed E-state index contributed by atoms with van der Waals surface area (Å²) in [6.45, 7) is 0. The maximum Gasteiger partial charge on any atom is 0.258 e. The molecule has 0 aromatic carbocycles. The fraction of sp³-hybridized carbons (Fsp3) is 0.333. The summed E-state index contributed by atoms with van der Waals surface area (Å²) >= 11 is 0. The summed E-state index contributed by atoms with van der Waals surface area (Å²) in [4.78, 5) is 18.0. The number of fused-ring (bicyclic) bond motifs is 2. The topological polar surface area (TPSA) is 45.8 Å². The molecule has 3 nitrogen and oxygen atoms in total. The van der Waals surface area contributed by atoms with Crippen LogP contribution in [0.2, 0.25) is 0 Å². The first-order valence-corrected chi connectivity index (χ1v) is 4.12. The minimum atomic E-state index is -0.0124. The van der Waals surface area contributed by atoms with Crippen LogP contribution in [0.5, 0.6) is 0 Å². The van der Waals surface area contributed by atoms with E-state index >= 15 is 0 Å². The Kier molecular flexibility index (Phi) is 0.955. The fourth-order valence-corrected chi connectivity index (χ4v) is 1.75. The summed E-state index contributed by atoms with van der Waals surface area (Å²) < 4.78 is 0. The number of aromatic nitrogens is 2. The van der Waals surface area contributed by atoms with Gasteiger partial charge in [0.1, 0.15) is 0 Å². The zero-order chi connectivity index (χ0) is 8.13. The molecule has 12 heavy (non-hydrogen) atoms. The molecule has 0 aliphatic heterocycles. The van der Waals surface area contributed by atoms with Crippen molar-refractivity contribution in [1.82, 2.24) is 9.97 Å². The van der Waals surface area contributed by atoms with Gasteiger partial charge in [-0.05, 0) is 18.3 Å². The van der Waals surface area contributed by atoms with E-state index in [1.54, 1.807) is 0 Å². The van der Waals surface area contributed by atoms with Gasteiger partial charge < -0.3 is 4.98 Å². The normalized spacial score (nSPS) is 29.3. The van der Waals surface area contributed by atoms with Crippen LogP contribution in [0.15, 0.2) is 11.1 Å². The Balaban J connectivity index is 2.52. The summed E-state index contributed by atoms with van der Waals surface area (Å²) in [6, 6.07) is 0. The number of nitrogens with zero attached hydrogens (tertiary/aromatic N) is 1. The molecular weight excluding hydrogens is 152 g/mol. The van der Waals surface area contributed by atoms with Crippen molar-refractivity contribution in [2.24, 2.45) is 11.8 Å². The lowest BCUT2D eigenvalue weighted by Gasteiger charge is -1.95. The van der Waals surface area contributed by atoms with Crippen LogP contribution in [0.4, 0.5) is 0 Å². The van der Waals surface area contributed by atoms with Crippen LogP contribution < -0.4 is 16.1 Å². The first kappa shape index (κ1) is 6.17. The SMILES string of the molecule is O=c1[nH]cnc2c1=CC1CC1C=2. The van der Waals surface area contributed by atoms with Gasteiger partial charge in [-0.2, -0.15) is 0 Å². The molecule has 0 bridgehead atoms. The van der Waals surface area contributed by atoms with Crippen LogP contribution in [-0.2, 0) is 0 Å². The Morgan fingerprint density at radius 3 is 3.17 bits per heavy atom. The molecule has 60 valence electrons. The predicted molar refractivity (Wildman–Crippen MR) is 44.6 cm³/mol. The van der Waals surface area contributed by atoms with Gasteiger partial charge in [0, 0.05) is 0 Å². The Labute approximate surface area is 68.5 Å². The van der Waals surface area contributed by atoms with Gasteiger partial charge in [0.05, 0.1) is 16.9 Å². The van der Waals surface area contributed by atoms with E-state index in [4.69, 9.17) is 0 Å². The Bertz CT molecular complexity index is 500. The van der Waals surface area contributed by atoms with Crippen molar-refractivity contribution in [2.45, 2.75) is 6.42 Å². The van der Waals surface area contributed by atoms with Crippen molar-refractivity contribution < 1.29 is 0 Å². The second-order valence-corrected chi connectivity index (χ2v) is 3.43. The van der Waals surface area contributed by atoms with E-state index in [2.05, 4.69) is 16.0 Å². The largest absolute Gasteiger partial charge is 0.313 e. The van der Waals surface area contributed by atoms with Crippen molar-refractivity contribution in [3.05, 3.63) is 27.2 Å². The van der Waals surface area contributed by atoms with Gasteiger partial charge in [-0.1, -0.05) is 12.2 Å². The first-order chi connectivity index (χ1) is 5.84. The van der Waals surface area contributed by atoms with Crippen LogP contribution >= 0.6 is 0 Å². The first-order valence-electron chi connectivity index (χ1n) is 4.12. The maximum absolute atomic E-state index is 11.3. The van der Waals surface area contributed by atoms with E-state index in [9.17, 15) is 4.79 Å². The van der Waals surface area contributed by atoms with Crippen LogP contribution in [0.1, 0.15) is 6.42 Å². The Morgan fingerprint density at radius 2 is 2.25 bits per heavy atom. The van der Waals surface area contributed by atoms with Gasteiger partial charge in [-0.15, -0.1) is 0 Å². The lowest BCUT2D eigenvalue weighted by atomic mass is 10.2. The third-order valence-electron chi connectivity index (χ3n) is 2.56. The highest BCUT2D eigenvalue weighted by atomic mass is 16.1. The molecule has 1 heterocycles. The molecule has 0 saturated heterocycles. The number of nitrogens with one attached hydrogen (secondary N) is 1. The molecule has 3 heteroatoms. The van der Waals surface area contributed by atoms with Crippen molar-refractivity contribution in [2.75, 3.05) is 0 Å². The molecule has 2 atom stereocenters. The quantitative estimate of drug-likeness (QED) is 0.528. The molecule has 3 rings (SSSR count). The van der Waals surface area contributed by atoms with Crippen molar-refractivity contribution in [3.8, 4) is 0 Å². The lowest BCUT2D eigenvalue weighted by Crippen LogP contribution is -2.43. The van der Waals surface area contributed by atoms with Crippen molar-refractivity contribution in [1.29, 1.82) is 0 Å². The number of hydrogen-bond acceptors (Lipinski definition) is 2. The second-order valence-electron chi connectivity index (χ2n) is 3.43. The fourth-order valence-electron chi connectivity index (χ4n) is 1.75. The molecule has 2 unspecified atom stereocenters. The monoisotopic (exact) mass is 160 g/mol. The van der Waals surface area contributed by atoms with E-state index in [-0.39, 0.29) is 5.56 Å². The van der Waals surface area contributed by atoms with Gasteiger partial charge in [-0.25, -0.2) is 4.98 Å². The summed E-state index contributed by atoms with van der Waals surface area (Å²) in [7, 11) is 0. The molecule has 0 radical (unpaired) electrons. The molecule has 2 aliphatic rings. The third kappa shape index (κ3) is 0.706. The van der Waals surface area contributed by atoms with Gasteiger partial charge >= 0.3 is 0 Å². The van der Waals surface area contributed by atoms with Gasteiger partial charge in [0.2, 0.25) is 0 Å². The highest BCUT2D eigenvalue weighted by Gasteiger charge is 2.35. The van der Waals surface area contributed by atoms with E-state index < -0.39 is 0 Å². The number of H-pyrrole nitrogens is 1. The van der Waals surface area contributed by atoms with Gasteiger partial charge in [0.15, 0.2) is 0 Å². The average Bonchev–Trinajstić information content (AvgIpc) is 2.79. The summed E-state index contributed by atoms with van der Waals surface area (Å²) in [5, 5.41) is 1.62. The molecule has 0 spiro atoms. The minimum Gasteiger partial charge on any atom is -0.313 e. The summed E-state index contributed by atoms with van der Waals surface area (Å²) in [6.07, 6.45) is 6.81.